The Kier molecular flexibility index (Phi) is 4.22. The number of rotatable bonds is 3. The van der Waals surface area contributed by atoms with Gasteiger partial charge in [-0.15, -0.1) is 0 Å². The Morgan fingerprint density at radius 2 is 1.78 bits per heavy atom. The van der Waals surface area contributed by atoms with Crippen molar-refractivity contribution in [3.8, 4) is 6.07 Å². The van der Waals surface area contributed by atoms with Gasteiger partial charge in [0.1, 0.15) is 0 Å². The third-order valence-corrected chi connectivity index (χ3v) is 2.42. The van der Waals surface area contributed by atoms with E-state index in [1.54, 1.807) is 20.8 Å². The smallest absolute Gasteiger partial charge is 0.338 e. The molecule has 1 aromatic carbocycles. The van der Waals surface area contributed by atoms with E-state index < -0.39 is 11.4 Å². The van der Waals surface area contributed by atoms with E-state index in [1.165, 1.54) is 24.3 Å². The van der Waals surface area contributed by atoms with Gasteiger partial charge in [0.05, 0.1) is 17.2 Å². The van der Waals surface area contributed by atoms with Crippen LogP contribution in [0, 0.1) is 16.7 Å². The molecule has 0 N–H and O–H groups in total. The van der Waals surface area contributed by atoms with E-state index in [1.807, 2.05) is 6.07 Å². The Balaban J connectivity index is 2.61. The van der Waals surface area contributed by atoms with Crippen LogP contribution in [0.5, 0.6) is 0 Å². The maximum atomic E-state index is 11.6. The molecule has 0 unspecified atom stereocenters. The topological polar surface area (TPSA) is 67.2 Å². The summed E-state index contributed by atoms with van der Waals surface area (Å²) >= 11 is 0. The van der Waals surface area contributed by atoms with Gasteiger partial charge in [-0.25, -0.2) is 4.79 Å². The molecule has 0 heterocycles. The molecular weight excluding hydrogens is 230 g/mol. The average molecular weight is 245 g/mol. The Bertz CT molecular complexity index is 489. The second-order valence-electron chi connectivity index (χ2n) is 4.94. The number of hydrogen-bond acceptors (Lipinski definition) is 4. The maximum absolute atomic E-state index is 11.6. The minimum atomic E-state index is -0.558. The molecule has 0 atom stereocenters. The van der Waals surface area contributed by atoms with E-state index in [0.717, 1.165) is 0 Å². The number of ketones is 1. The van der Waals surface area contributed by atoms with Crippen LogP contribution in [-0.2, 0) is 9.53 Å². The molecule has 0 radical (unpaired) electrons. The van der Waals surface area contributed by atoms with Gasteiger partial charge in [0.2, 0.25) is 0 Å². The lowest BCUT2D eigenvalue weighted by atomic mass is 9.91. The number of carbonyl (C=O) groups is 2. The highest BCUT2D eigenvalue weighted by atomic mass is 16.5. The van der Waals surface area contributed by atoms with E-state index in [-0.39, 0.29) is 12.4 Å². The predicted molar refractivity (Wildman–Crippen MR) is 65.9 cm³/mol. The summed E-state index contributed by atoms with van der Waals surface area (Å²) < 4.78 is 4.92. The molecule has 1 aromatic rings. The zero-order valence-corrected chi connectivity index (χ0v) is 10.7. The molecule has 0 aliphatic rings. The predicted octanol–water partition coefficient (Wildman–Crippen LogP) is 2.33. The molecule has 0 amide bonds. The fourth-order valence-electron chi connectivity index (χ4n) is 1.11. The number of carbonyl (C=O) groups excluding carboxylic acids is 2. The number of esters is 1. The summed E-state index contributed by atoms with van der Waals surface area (Å²) in [5.41, 5.74) is 0.276. The van der Waals surface area contributed by atoms with Crippen LogP contribution >= 0.6 is 0 Å². The fraction of sp³-hybridized carbons (Fsp3) is 0.357. The fourth-order valence-corrected chi connectivity index (χ4v) is 1.11. The summed E-state index contributed by atoms with van der Waals surface area (Å²) in [5.74, 6) is -0.693. The van der Waals surface area contributed by atoms with Crippen LogP contribution in [0.1, 0.15) is 36.7 Å². The molecule has 0 aliphatic heterocycles. The second-order valence-corrected chi connectivity index (χ2v) is 4.94. The summed E-state index contributed by atoms with van der Waals surface area (Å²) in [5, 5.41) is 8.62. The summed E-state index contributed by atoms with van der Waals surface area (Å²) in [6.45, 7) is 5.07. The monoisotopic (exact) mass is 245 g/mol. The van der Waals surface area contributed by atoms with Crippen molar-refractivity contribution in [2.75, 3.05) is 6.61 Å². The van der Waals surface area contributed by atoms with Gasteiger partial charge in [-0.3, -0.25) is 4.79 Å². The maximum Gasteiger partial charge on any atom is 0.338 e. The van der Waals surface area contributed by atoms with Gasteiger partial charge in [0.15, 0.2) is 12.4 Å². The standard InChI is InChI=1S/C14H15NO3/c1-14(2,3)12(16)9-18-13(17)11-6-4-10(8-15)5-7-11/h4-7H,9H2,1-3H3. The van der Waals surface area contributed by atoms with E-state index in [0.29, 0.717) is 11.1 Å². The third kappa shape index (κ3) is 3.70. The first-order valence-corrected chi connectivity index (χ1v) is 5.55. The Morgan fingerprint density at radius 3 is 2.22 bits per heavy atom. The summed E-state index contributed by atoms with van der Waals surface area (Å²) in [6, 6.07) is 8.02. The SMILES string of the molecule is CC(C)(C)C(=O)COC(=O)c1ccc(C#N)cc1. The summed E-state index contributed by atoms with van der Waals surface area (Å²) in [7, 11) is 0. The highest BCUT2D eigenvalue weighted by Crippen LogP contribution is 2.15. The number of nitriles is 1. The lowest BCUT2D eigenvalue weighted by Gasteiger charge is -2.16. The van der Waals surface area contributed by atoms with Gasteiger partial charge in [-0.1, -0.05) is 20.8 Å². The van der Waals surface area contributed by atoms with E-state index in [4.69, 9.17) is 10.00 Å². The number of hydrogen-bond donors (Lipinski definition) is 0. The van der Waals surface area contributed by atoms with Crippen molar-refractivity contribution in [2.45, 2.75) is 20.8 Å². The van der Waals surface area contributed by atoms with Gasteiger partial charge >= 0.3 is 5.97 Å². The highest BCUT2D eigenvalue weighted by molar-refractivity contribution is 5.92. The minimum Gasteiger partial charge on any atom is -0.454 e. The molecule has 0 aliphatic carbocycles. The third-order valence-electron chi connectivity index (χ3n) is 2.42. The Morgan fingerprint density at radius 1 is 1.22 bits per heavy atom. The molecule has 0 fully saturated rings. The normalized spacial score (nSPS) is 10.6. The summed E-state index contributed by atoms with van der Waals surface area (Å²) in [6.07, 6.45) is 0. The van der Waals surface area contributed by atoms with Crippen molar-refractivity contribution < 1.29 is 14.3 Å². The van der Waals surface area contributed by atoms with Crippen LogP contribution in [0.4, 0.5) is 0 Å². The van der Waals surface area contributed by atoms with Crippen molar-refractivity contribution in [1.82, 2.24) is 0 Å². The highest BCUT2D eigenvalue weighted by Gasteiger charge is 2.22. The molecule has 94 valence electrons. The molecule has 0 saturated heterocycles. The molecule has 0 saturated carbocycles. The second kappa shape index (κ2) is 5.46. The zero-order chi connectivity index (χ0) is 13.8. The van der Waals surface area contributed by atoms with E-state index >= 15 is 0 Å². The first kappa shape index (κ1) is 13.9. The van der Waals surface area contributed by atoms with Crippen LogP contribution in [0.3, 0.4) is 0 Å². The molecule has 0 aromatic heterocycles. The first-order chi connectivity index (χ1) is 8.34. The van der Waals surface area contributed by atoms with Gasteiger partial charge in [-0.2, -0.15) is 5.26 Å². The average Bonchev–Trinajstić information content (AvgIpc) is 2.34. The van der Waals surface area contributed by atoms with Crippen LogP contribution < -0.4 is 0 Å². The minimum absolute atomic E-state index is 0.135. The lowest BCUT2D eigenvalue weighted by molar-refractivity contribution is -0.129. The zero-order valence-electron chi connectivity index (χ0n) is 10.7. The van der Waals surface area contributed by atoms with Gasteiger partial charge in [-0.05, 0) is 24.3 Å². The van der Waals surface area contributed by atoms with Crippen molar-refractivity contribution in [3.63, 3.8) is 0 Å². The van der Waals surface area contributed by atoms with E-state index in [9.17, 15) is 9.59 Å². The Hall–Kier alpha value is -2.15. The van der Waals surface area contributed by atoms with Gasteiger partial charge in [0.25, 0.3) is 0 Å². The van der Waals surface area contributed by atoms with Gasteiger partial charge in [0, 0.05) is 5.41 Å². The Labute approximate surface area is 106 Å². The molecule has 4 nitrogen and oxygen atoms in total. The van der Waals surface area contributed by atoms with Crippen molar-refractivity contribution in [1.29, 1.82) is 5.26 Å². The van der Waals surface area contributed by atoms with Gasteiger partial charge < -0.3 is 4.74 Å². The van der Waals surface area contributed by atoms with Crippen molar-refractivity contribution >= 4 is 11.8 Å². The van der Waals surface area contributed by atoms with Crippen LogP contribution in [0.2, 0.25) is 0 Å². The molecular formula is C14H15NO3. The van der Waals surface area contributed by atoms with Crippen LogP contribution in [0.15, 0.2) is 24.3 Å². The van der Waals surface area contributed by atoms with Crippen LogP contribution in [-0.4, -0.2) is 18.4 Å². The molecule has 0 spiro atoms. The summed E-state index contributed by atoms with van der Waals surface area (Å²) in [4.78, 5) is 23.2. The number of nitrogens with zero attached hydrogens (tertiary/aromatic N) is 1. The molecule has 1 rings (SSSR count). The largest absolute Gasteiger partial charge is 0.454 e. The molecule has 4 heteroatoms. The number of ether oxygens (including phenoxy) is 1. The molecule has 18 heavy (non-hydrogen) atoms. The quantitative estimate of drug-likeness (QED) is 0.766. The number of Topliss-reactive ketones (excluding diaryl/α,β-unsaturated/α-hetero) is 1. The van der Waals surface area contributed by atoms with Crippen LogP contribution in [0.25, 0.3) is 0 Å². The van der Waals surface area contributed by atoms with Crippen molar-refractivity contribution in [2.24, 2.45) is 5.41 Å². The first-order valence-electron chi connectivity index (χ1n) is 5.55. The van der Waals surface area contributed by atoms with E-state index in [2.05, 4.69) is 0 Å². The number of benzene rings is 1. The lowest BCUT2D eigenvalue weighted by Crippen LogP contribution is -2.26. The van der Waals surface area contributed by atoms with Crippen molar-refractivity contribution in [3.05, 3.63) is 35.4 Å². The molecule has 0 bridgehead atoms.